The Hall–Kier alpha value is -1.68. The van der Waals surface area contributed by atoms with Crippen LogP contribution in [0.5, 0.6) is 5.75 Å². The lowest BCUT2D eigenvalue weighted by Crippen LogP contribution is -2.13. The third-order valence-electron chi connectivity index (χ3n) is 2.61. The number of anilines is 1. The number of carbonyl (C=O) groups excluding carboxylic acids is 1. The molecule has 0 aliphatic carbocycles. The van der Waals surface area contributed by atoms with E-state index in [9.17, 15) is 20.0 Å². The zero-order valence-electron chi connectivity index (χ0n) is 10.3. The molecule has 2 rings (SSSR count). The van der Waals surface area contributed by atoms with Gasteiger partial charge in [0.25, 0.3) is 11.6 Å². The molecular weight excluding hydrogens is 455 g/mol. The molecule has 0 fully saturated rings. The molecule has 0 heterocycles. The number of halogens is 2. The van der Waals surface area contributed by atoms with Crippen LogP contribution in [0.15, 0.2) is 40.9 Å². The quantitative estimate of drug-likeness (QED) is 0.313. The van der Waals surface area contributed by atoms with Gasteiger partial charge in [-0.3, -0.25) is 14.9 Å². The number of nitro benzene ring substituents is 1. The number of hydrogen-bond acceptors (Lipinski definition) is 4. The van der Waals surface area contributed by atoms with Crippen molar-refractivity contribution >= 4 is 55.8 Å². The summed E-state index contributed by atoms with van der Waals surface area (Å²) in [5.41, 5.74) is 0.174. The van der Waals surface area contributed by atoms with Gasteiger partial charge in [0.2, 0.25) is 0 Å². The average molecular weight is 463 g/mol. The maximum atomic E-state index is 12.2. The number of nitrogens with zero attached hydrogens (tertiary/aromatic N) is 1. The maximum Gasteiger partial charge on any atom is 0.271 e. The number of amides is 1. The van der Waals surface area contributed by atoms with E-state index in [-0.39, 0.29) is 17.1 Å². The molecule has 0 aromatic heterocycles. The molecule has 0 atom stereocenters. The van der Waals surface area contributed by atoms with Crippen molar-refractivity contribution in [1.82, 2.24) is 0 Å². The highest BCUT2D eigenvalue weighted by Gasteiger charge is 2.15. The maximum absolute atomic E-state index is 12.2. The van der Waals surface area contributed by atoms with E-state index in [0.717, 1.165) is 20.2 Å². The Labute approximate surface area is 141 Å². The van der Waals surface area contributed by atoms with Gasteiger partial charge >= 0.3 is 0 Å². The largest absolute Gasteiger partial charge is 0.506 e. The Morgan fingerprint density at radius 2 is 2.00 bits per heavy atom. The summed E-state index contributed by atoms with van der Waals surface area (Å²) in [5.74, 6) is -0.699. The van der Waals surface area contributed by atoms with Gasteiger partial charge in [-0.05, 0) is 46.9 Å². The second-order valence-corrected chi connectivity index (χ2v) is 6.11. The lowest BCUT2D eigenvalue weighted by atomic mass is 10.2. The van der Waals surface area contributed by atoms with Gasteiger partial charge in [0.15, 0.2) is 0 Å². The van der Waals surface area contributed by atoms with Crippen molar-refractivity contribution in [1.29, 1.82) is 0 Å². The lowest BCUT2D eigenvalue weighted by Gasteiger charge is -2.09. The Morgan fingerprint density at radius 3 is 2.67 bits per heavy atom. The van der Waals surface area contributed by atoms with Crippen molar-refractivity contribution in [2.75, 3.05) is 5.32 Å². The van der Waals surface area contributed by atoms with E-state index in [2.05, 4.69) is 21.2 Å². The molecule has 8 heteroatoms. The van der Waals surface area contributed by atoms with E-state index in [4.69, 9.17) is 0 Å². The molecule has 0 radical (unpaired) electrons. The van der Waals surface area contributed by atoms with Crippen molar-refractivity contribution in [3.8, 4) is 5.75 Å². The fourth-order valence-corrected chi connectivity index (χ4v) is 2.54. The fraction of sp³-hybridized carbons (Fsp3) is 0. The molecule has 6 nitrogen and oxygen atoms in total. The summed E-state index contributed by atoms with van der Waals surface area (Å²) in [5, 5.41) is 22.9. The van der Waals surface area contributed by atoms with Gasteiger partial charge in [-0.25, -0.2) is 0 Å². The van der Waals surface area contributed by atoms with E-state index in [1.54, 1.807) is 18.2 Å². The Bertz CT molecular complexity index is 736. The van der Waals surface area contributed by atoms with Crippen molar-refractivity contribution < 1.29 is 14.8 Å². The number of phenols is 1. The van der Waals surface area contributed by atoms with Crippen LogP contribution >= 0.6 is 38.5 Å². The molecule has 0 spiro atoms. The van der Waals surface area contributed by atoms with Gasteiger partial charge in [-0.15, -0.1) is 0 Å². The molecule has 2 aromatic carbocycles. The summed E-state index contributed by atoms with van der Waals surface area (Å²) in [4.78, 5) is 22.3. The van der Waals surface area contributed by atoms with E-state index in [1.165, 1.54) is 6.07 Å². The number of nitrogens with one attached hydrogen (secondary N) is 1. The summed E-state index contributed by atoms with van der Waals surface area (Å²) in [6.07, 6.45) is 0. The number of carbonyl (C=O) groups is 1. The van der Waals surface area contributed by atoms with Crippen LogP contribution in [0.3, 0.4) is 0 Å². The van der Waals surface area contributed by atoms with Crippen LogP contribution in [0.4, 0.5) is 11.4 Å². The molecule has 0 bridgehead atoms. The minimum Gasteiger partial charge on any atom is -0.506 e. The molecule has 0 saturated heterocycles. The number of aromatic hydroxyl groups is 1. The van der Waals surface area contributed by atoms with Crippen LogP contribution in [0.25, 0.3) is 0 Å². The molecule has 0 saturated carbocycles. The SMILES string of the molecule is O=C(Nc1cc([N+](=O)[O-])ccc1O)c1cc(Br)ccc1I. The zero-order valence-corrected chi connectivity index (χ0v) is 14.1. The number of non-ortho nitro benzene ring substituents is 1. The van der Waals surface area contributed by atoms with Crippen molar-refractivity contribution in [2.45, 2.75) is 0 Å². The van der Waals surface area contributed by atoms with Gasteiger partial charge in [0.1, 0.15) is 5.75 Å². The Kier molecular flexibility index (Phi) is 4.78. The summed E-state index contributed by atoms with van der Waals surface area (Å²) >= 11 is 5.28. The molecule has 108 valence electrons. The average Bonchev–Trinajstić information content (AvgIpc) is 2.43. The molecule has 2 aromatic rings. The van der Waals surface area contributed by atoms with Crippen molar-refractivity contribution in [2.24, 2.45) is 0 Å². The first-order chi connectivity index (χ1) is 9.88. The zero-order chi connectivity index (χ0) is 15.6. The highest BCUT2D eigenvalue weighted by Crippen LogP contribution is 2.29. The summed E-state index contributed by atoms with van der Waals surface area (Å²) in [6, 6.07) is 8.62. The number of rotatable bonds is 3. The molecule has 0 aliphatic rings. The van der Waals surface area contributed by atoms with E-state index < -0.39 is 10.8 Å². The first-order valence-corrected chi connectivity index (χ1v) is 7.49. The van der Waals surface area contributed by atoms with Gasteiger partial charge in [0.05, 0.1) is 16.2 Å². The van der Waals surface area contributed by atoms with Crippen LogP contribution < -0.4 is 5.32 Å². The second-order valence-electron chi connectivity index (χ2n) is 4.04. The highest BCUT2D eigenvalue weighted by molar-refractivity contribution is 14.1. The molecular formula is C13H8BrIN2O4. The first kappa shape index (κ1) is 15.7. The van der Waals surface area contributed by atoms with Crippen molar-refractivity contribution in [3.63, 3.8) is 0 Å². The van der Waals surface area contributed by atoms with Gasteiger partial charge in [-0.2, -0.15) is 0 Å². The van der Waals surface area contributed by atoms with Crippen molar-refractivity contribution in [3.05, 3.63) is 60.1 Å². The standard InChI is InChI=1S/C13H8BrIN2O4/c14-7-1-3-10(15)9(5-7)13(19)16-11-6-8(17(20)21)2-4-12(11)18/h1-6,18H,(H,16,19). The molecule has 0 aliphatic heterocycles. The predicted molar refractivity (Wildman–Crippen MR) is 89.6 cm³/mol. The summed E-state index contributed by atoms with van der Waals surface area (Å²) in [7, 11) is 0. The molecule has 0 unspecified atom stereocenters. The number of phenolic OH excluding ortho intramolecular Hbond substituents is 1. The van der Waals surface area contributed by atoms with Crippen LogP contribution in [0, 0.1) is 13.7 Å². The fourth-order valence-electron chi connectivity index (χ4n) is 1.60. The number of hydrogen-bond donors (Lipinski definition) is 2. The molecule has 1 amide bonds. The van der Waals surface area contributed by atoms with E-state index in [1.807, 2.05) is 22.6 Å². The summed E-state index contributed by atoms with van der Waals surface area (Å²) in [6.45, 7) is 0. The minimum absolute atomic E-state index is 0.00928. The number of benzene rings is 2. The number of nitro groups is 1. The van der Waals surface area contributed by atoms with Crippen LogP contribution in [-0.4, -0.2) is 15.9 Å². The predicted octanol–water partition coefficient (Wildman–Crippen LogP) is 3.92. The minimum atomic E-state index is -0.599. The van der Waals surface area contributed by atoms with Crippen LogP contribution in [-0.2, 0) is 0 Å². The van der Waals surface area contributed by atoms with Gasteiger partial charge < -0.3 is 10.4 Å². The first-order valence-electron chi connectivity index (χ1n) is 5.62. The van der Waals surface area contributed by atoms with Crippen LogP contribution in [0.2, 0.25) is 0 Å². The van der Waals surface area contributed by atoms with Gasteiger partial charge in [0, 0.05) is 20.2 Å². The van der Waals surface area contributed by atoms with E-state index >= 15 is 0 Å². The highest BCUT2D eigenvalue weighted by atomic mass is 127. The Morgan fingerprint density at radius 1 is 1.29 bits per heavy atom. The topological polar surface area (TPSA) is 92.5 Å². The van der Waals surface area contributed by atoms with Crippen LogP contribution in [0.1, 0.15) is 10.4 Å². The second kappa shape index (κ2) is 6.39. The molecule has 2 N–H and O–H groups in total. The lowest BCUT2D eigenvalue weighted by molar-refractivity contribution is -0.384. The molecule has 21 heavy (non-hydrogen) atoms. The third kappa shape index (κ3) is 3.70. The van der Waals surface area contributed by atoms with E-state index in [0.29, 0.717) is 5.56 Å². The van der Waals surface area contributed by atoms with Gasteiger partial charge in [-0.1, -0.05) is 15.9 Å². The third-order valence-corrected chi connectivity index (χ3v) is 4.05. The Balaban J connectivity index is 2.33. The monoisotopic (exact) mass is 462 g/mol. The normalized spacial score (nSPS) is 10.2. The summed E-state index contributed by atoms with van der Waals surface area (Å²) < 4.78 is 1.45. The smallest absolute Gasteiger partial charge is 0.271 e.